The summed E-state index contributed by atoms with van der Waals surface area (Å²) in [6.07, 6.45) is 2.42. The molecule has 0 saturated carbocycles. The lowest BCUT2D eigenvalue weighted by atomic mass is 9.88. The van der Waals surface area contributed by atoms with Crippen LogP contribution in [0.1, 0.15) is 34.3 Å². The molecule has 2 aromatic rings. The summed E-state index contributed by atoms with van der Waals surface area (Å²) in [6.45, 7) is 3.42. The standard InChI is InChI=1S/C21H22F2N2O.ClH/c22-17-4-5-19(23)18(12-17)21(26)15-7-10-25(11-8-15)13-16-3-1-2-14-6-9-24-20(14)16;/h1-5,12,15,24H,6-11,13H2;1H. The average Bonchev–Trinajstić information content (AvgIpc) is 3.14. The highest BCUT2D eigenvalue weighted by molar-refractivity contribution is 5.98. The molecule has 0 spiro atoms. The van der Waals surface area contributed by atoms with E-state index in [-0.39, 0.29) is 29.7 Å². The first-order chi connectivity index (χ1) is 12.6. The third-order valence-corrected chi connectivity index (χ3v) is 5.48. The Morgan fingerprint density at radius 3 is 2.70 bits per heavy atom. The first-order valence-electron chi connectivity index (χ1n) is 9.18. The summed E-state index contributed by atoms with van der Waals surface area (Å²) in [5.74, 6) is -1.71. The largest absolute Gasteiger partial charge is 0.384 e. The van der Waals surface area contributed by atoms with E-state index >= 15 is 0 Å². The molecule has 0 bridgehead atoms. The van der Waals surface area contributed by atoms with E-state index in [9.17, 15) is 13.6 Å². The average molecular weight is 393 g/mol. The highest BCUT2D eigenvalue weighted by atomic mass is 35.5. The Kier molecular flexibility index (Phi) is 6.12. The summed E-state index contributed by atoms with van der Waals surface area (Å²) < 4.78 is 27.2. The predicted molar refractivity (Wildman–Crippen MR) is 105 cm³/mol. The minimum atomic E-state index is -0.634. The van der Waals surface area contributed by atoms with Crippen molar-refractivity contribution in [2.45, 2.75) is 25.8 Å². The summed E-state index contributed by atoms with van der Waals surface area (Å²) in [7, 11) is 0. The normalized spacial score (nSPS) is 17.1. The number of Topliss-reactive ketones (excluding diaryl/α,β-unsaturated/α-hetero) is 1. The van der Waals surface area contributed by atoms with Crippen molar-refractivity contribution in [1.82, 2.24) is 4.90 Å². The van der Waals surface area contributed by atoms with E-state index in [4.69, 9.17) is 0 Å². The zero-order valence-electron chi connectivity index (χ0n) is 15.0. The molecule has 0 aliphatic carbocycles. The lowest BCUT2D eigenvalue weighted by molar-refractivity contribution is 0.0830. The maximum absolute atomic E-state index is 13.9. The SMILES string of the molecule is Cl.O=C(c1cc(F)ccc1F)C1CCN(Cc2cccc3c2NCC3)CC1. The molecule has 4 rings (SSSR count). The van der Waals surface area contributed by atoms with Crippen LogP contribution in [0.4, 0.5) is 14.5 Å². The van der Waals surface area contributed by atoms with Crippen LogP contribution in [0.3, 0.4) is 0 Å². The van der Waals surface area contributed by atoms with Crippen molar-refractivity contribution in [2.24, 2.45) is 5.92 Å². The molecule has 1 fully saturated rings. The van der Waals surface area contributed by atoms with Crippen LogP contribution in [-0.4, -0.2) is 30.3 Å². The second-order valence-electron chi connectivity index (χ2n) is 7.17. The molecular formula is C21H23ClF2N2O. The Hall–Kier alpha value is -1.98. The third-order valence-electron chi connectivity index (χ3n) is 5.48. The summed E-state index contributed by atoms with van der Waals surface area (Å²) in [4.78, 5) is 14.9. The second-order valence-corrected chi connectivity index (χ2v) is 7.17. The topological polar surface area (TPSA) is 32.3 Å². The van der Waals surface area contributed by atoms with Gasteiger partial charge in [-0.3, -0.25) is 9.69 Å². The number of piperidine rings is 1. The fraction of sp³-hybridized carbons (Fsp3) is 0.381. The van der Waals surface area contributed by atoms with E-state index in [1.54, 1.807) is 0 Å². The van der Waals surface area contributed by atoms with Gasteiger partial charge in [0.2, 0.25) is 0 Å². The Labute approximate surface area is 164 Å². The second kappa shape index (κ2) is 8.36. The van der Waals surface area contributed by atoms with Gasteiger partial charge in [-0.1, -0.05) is 18.2 Å². The molecule has 6 heteroatoms. The lowest BCUT2D eigenvalue weighted by Gasteiger charge is -2.31. The summed E-state index contributed by atoms with van der Waals surface area (Å²) in [6, 6.07) is 9.50. The molecule has 1 saturated heterocycles. The van der Waals surface area contributed by atoms with Gasteiger partial charge in [-0.15, -0.1) is 12.4 Å². The first kappa shape index (κ1) is 19.8. The van der Waals surface area contributed by atoms with E-state index in [2.05, 4.69) is 28.4 Å². The molecule has 2 aliphatic rings. The van der Waals surface area contributed by atoms with Crippen molar-refractivity contribution in [3.63, 3.8) is 0 Å². The fourth-order valence-electron chi connectivity index (χ4n) is 4.04. The van der Waals surface area contributed by atoms with Gasteiger partial charge in [0.25, 0.3) is 0 Å². The van der Waals surface area contributed by atoms with E-state index in [0.717, 1.165) is 50.8 Å². The van der Waals surface area contributed by atoms with Gasteiger partial charge in [0.05, 0.1) is 5.56 Å². The number of ketones is 1. The van der Waals surface area contributed by atoms with E-state index < -0.39 is 11.6 Å². The predicted octanol–water partition coefficient (Wildman–Crippen LogP) is 4.45. The smallest absolute Gasteiger partial charge is 0.169 e. The monoisotopic (exact) mass is 392 g/mol. The van der Waals surface area contributed by atoms with E-state index in [1.807, 2.05) is 0 Å². The van der Waals surface area contributed by atoms with Crippen molar-refractivity contribution in [3.8, 4) is 0 Å². The van der Waals surface area contributed by atoms with E-state index in [1.165, 1.54) is 16.8 Å². The highest BCUT2D eigenvalue weighted by Gasteiger charge is 2.28. The van der Waals surface area contributed by atoms with Crippen molar-refractivity contribution in [1.29, 1.82) is 0 Å². The number of hydrogen-bond acceptors (Lipinski definition) is 3. The summed E-state index contributed by atoms with van der Waals surface area (Å²) >= 11 is 0. The number of likely N-dealkylation sites (tertiary alicyclic amines) is 1. The Morgan fingerprint density at radius 1 is 1.15 bits per heavy atom. The van der Waals surface area contributed by atoms with Gasteiger partial charge in [-0.05, 0) is 61.7 Å². The molecule has 144 valence electrons. The molecule has 3 nitrogen and oxygen atoms in total. The molecule has 0 radical (unpaired) electrons. The molecule has 2 heterocycles. The number of halogens is 3. The van der Waals surface area contributed by atoms with Crippen LogP contribution in [-0.2, 0) is 13.0 Å². The van der Waals surface area contributed by atoms with Gasteiger partial charge in [0, 0.05) is 24.7 Å². The molecule has 2 aliphatic heterocycles. The lowest BCUT2D eigenvalue weighted by Crippen LogP contribution is -2.36. The fourth-order valence-corrected chi connectivity index (χ4v) is 4.04. The summed E-state index contributed by atoms with van der Waals surface area (Å²) in [5, 5.41) is 3.46. The number of carbonyl (C=O) groups excluding carboxylic acids is 1. The van der Waals surface area contributed by atoms with Crippen LogP contribution in [0, 0.1) is 17.6 Å². The number of para-hydroxylation sites is 1. The number of rotatable bonds is 4. The van der Waals surface area contributed by atoms with Crippen LogP contribution in [0.15, 0.2) is 36.4 Å². The van der Waals surface area contributed by atoms with Crippen LogP contribution in [0.5, 0.6) is 0 Å². The minimum absolute atomic E-state index is 0. The molecule has 0 atom stereocenters. The minimum Gasteiger partial charge on any atom is -0.384 e. The molecule has 0 aromatic heterocycles. The van der Waals surface area contributed by atoms with Gasteiger partial charge >= 0.3 is 0 Å². The summed E-state index contributed by atoms with van der Waals surface area (Å²) in [5.41, 5.74) is 3.80. The van der Waals surface area contributed by atoms with Gasteiger partial charge < -0.3 is 5.32 Å². The van der Waals surface area contributed by atoms with Crippen LogP contribution < -0.4 is 5.32 Å². The van der Waals surface area contributed by atoms with Gasteiger partial charge in [0.15, 0.2) is 5.78 Å². The number of hydrogen-bond donors (Lipinski definition) is 1. The molecule has 0 amide bonds. The highest BCUT2D eigenvalue weighted by Crippen LogP contribution is 2.29. The number of fused-ring (bicyclic) bond motifs is 1. The van der Waals surface area contributed by atoms with Crippen LogP contribution in [0.2, 0.25) is 0 Å². The van der Waals surface area contributed by atoms with Crippen molar-refractivity contribution in [3.05, 3.63) is 64.7 Å². The number of benzene rings is 2. The number of nitrogens with zero attached hydrogens (tertiary/aromatic N) is 1. The zero-order chi connectivity index (χ0) is 18.1. The van der Waals surface area contributed by atoms with Gasteiger partial charge in [-0.2, -0.15) is 0 Å². The number of nitrogens with one attached hydrogen (secondary N) is 1. The zero-order valence-corrected chi connectivity index (χ0v) is 15.8. The van der Waals surface area contributed by atoms with Crippen LogP contribution in [0.25, 0.3) is 0 Å². The quantitative estimate of drug-likeness (QED) is 0.780. The molecule has 0 unspecified atom stereocenters. The van der Waals surface area contributed by atoms with Crippen molar-refractivity contribution in [2.75, 3.05) is 25.0 Å². The van der Waals surface area contributed by atoms with Crippen molar-refractivity contribution >= 4 is 23.9 Å². The van der Waals surface area contributed by atoms with Gasteiger partial charge in [0.1, 0.15) is 11.6 Å². The molecular weight excluding hydrogens is 370 g/mol. The Balaban J connectivity index is 0.00000210. The third kappa shape index (κ3) is 4.14. The maximum atomic E-state index is 13.9. The maximum Gasteiger partial charge on any atom is 0.169 e. The first-order valence-corrected chi connectivity index (χ1v) is 9.18. The Morgan fingerprint density at radius 2 is 1.93 bits per heavy atom. The molecule has 2 aromatic carbocycles. The molecule has 27 heavy (non-hydrogen) atoms. The van der Waals surface area contributed by atoms with Crippen LogP contribution >= 0.6 is 12.4 Å². The number of carbonyl (C=O) groups is 1. The molecule has 1 N–H and O–H groups in total. The van der Waals surface area contributed by atoms with Crippen molar-refractivity contribution < 1.29 is 13.6 Å². The van der Waals surface area contributed by atoms with Gasteiger partial charge in [-0.25, -0.2) is 8.78 Å². The van der Waals surface area contributed by atoms with E-state index in [0.29, 0.717) is 12.8 Å². The number of anilines is 1. The Bertz CT molecular complexity index is 835.